The fraction of sp³-hybridized carbons (Fsp3) is 0.0588. The molecule has 2 aromatic rings. The summed E-state index contributed by atoms with van der Waals surface area (Å²) in [6.07, 6.45) is 2.35. The average Bonchev–Trinajstić information content (AvgIpc) is 2.98. The number of hydrogen-bond donors (Lipinski definition) is 3. The van der Waals surface area contributed by atoms with E-state index in [-0.39, 0.29) is 6.03 Å². The number of aliphatic imine (C=N–C) groups is 1. The van der Waals surface area contributed by atoms with E-state index in [1.165, 1.54) is 0 Å². The maximum atomic E-state index is 12.1. The number of rotatable bonds is 3. The summed E-state index contributed by atoms with van der Waals surface area (Å²) >= 11 is 11.8. The number of halogens is 2. The molecule has 122 valence electrons. The molecule has 24 heavy (non-hydrogen) atoms. The highest BCUT2D eigenvalue weighted by molar-refractivity contribution is 6.42. The number of carbonyl (C=O) groups excluding carboxylic acids is 1. The molecule has 0 spiro atoms. The number of anilines is 2. The second-order valence-electron chi connectivity index (χ2n) is 5.24. The van der Waals surface area contributed by atoms with Crippen LogP contribution in [0.2, 0.25) is 10.0 Å². The summed E-state index contributed by atoms with van der Waals surface area (Å²) in [7, 11) is 0. The van der Waals surface area contributed by atoms with Gasteiger partial charge in [0.05, 0.1) is 10.0 Å². The van der Waals surface area contributed by atoms with Crippen LogP contribution in [0.25, 0.3) is 5.57 Å². The molecule has 0 aromatic heterocycles. The Labute approximate surface area is 149 Å². The van der Waals surface area contributed by atoms with Crippen LogP contribution in [0, 0.1) is 0 Å². The molecule has 1 aliphatic rings. The minimum atomic E-state index is -0.373. The van der Waals surface area contributed by atoms with E-state index < -0.39 is 0 Å². The second kappa shape index (κ2) is 6.95. The third-order valence-corrected chi connectivity index (χ3v) is 4.17. The second-order valence-corrected chi connectivity index (χ2v) is 6.05. The molecule has 0 bridgehead atoms. The van der Waals surface area contributed by atoms with E-state index in [1.807, 2.05) is 18.2 Å². The van der Waals surface area contributed by atoms with Gasteiger partial charge in [0.1, 0.15) is 5.84 Å². The normalized spacial score (nSPS) is 13.2. The molecule has 3 rings (SSSR count). The van der Waals surface area contributed by atoms with Gasteiger partial charge in [-0.15, -0.1) is 0 Å². The number of urea groups is 1. The molecule has 2 aromatic carbocycles. The average molecular weight is 361 g/mol. The molecule has 0 saturated heterocycles. The summed E-state index contributed by atoms with van der Waals surface area (Å²) in [5, 5.41) is 6.29. The van der Waals surface area contributed by atoms with Crippen LogP contribution in [0.15, 0.2) is 53.7 Å². The van der Waals surface area contributed by atoms with Crippen molar-refractivity contribution in [2.45, 2.75) is 6.42 Å². The van der Waals surface area contributed by atoms with Gasteiger partial charge in [-0.2, -0.15) is 0 Å². The zero-order valence-corrected chi connectivity index (χ0v) is 14.0. The molecule has 0 unspecified atom stereocenters. The maximum absolute atomic E-state index is 12.1. The maximum Gasteiger partial charge on any atom is 0.323 e. The van der Waals surface area contributed by atoms with Crippen molar-refractivity contribution in [1.29, 1.82) is 0 Å². The van der Waals surface area contributed by atoms with Crippen molar-refractivity contribution in [3.8, 4) is 0 Å². The largest absolute Gasteiger partial charge is 0.387 e. The van der Waals surface area contributed by atoms with Crippen LogP contribution in [0.5, 0.6) is 0 Å². The van der Waals surface area contributed by atoms with Gasteiger partial charge in [0.2, 0.25) is 0 Å². The fourth-order valence-electron chi connectivity index (χ4n) is 2.29. The Balaban J connectivity index is 1.67. The first kappa shape index (κ1) is 16.4. The molecule has 0 saturated carbocycles. The van der Waals surface area contributed by atoms with Crippen molar-refractivity contribution in [3.63, 3.8) is 0 Å². The smallest absolute Gasteiger partial charge is 0.323 e. The Morgan fingerprint density at radius 3 is 2.46 bits per heavy atom. The van der Waals surface area contributed by atoms with Crippen molar-refractivity contribution >= 4 is 52.0 Å². The van der Waals surface area contributed by atoms with Crippen molar-refractivity contribution in [2.24, 2.45) is 10.7 Å². The van der Waals surface area contributed by atoms with Crippen molar-refractivity contribution in [3.05, 3.63) is 64.3 Å². The number of nitrogens with two attached hydrogens (primary N) is 1. The SMILES string of the molecule is NC1=NC=C(c2cccc(NC(=O)Nc3ccc(Cl)c(Cl)c3)c2)C1. The van der Waals surface area contributed by atoms with Crippen LogP contribution in [-0.4, -0.2) is 11.9 Å². The Morgan fingerprint density at radius 2 is 1.79 bits per heavy atom. The molecule has 5 nitrogen and oxygen atoms in total. The summed E-state index contributed by atoms with van der Waals surface area (Å²) in [4.78, 5) is 16.2. The number of carbonyl (C=O) groups is 1. The molecular weight excluding hydrogens is 347 g/mol. The number of hydrogen-bond acceptors (Lipinski definition) is 3. The molecule has 0 radical (unpaired) electrons. The first-order valence-electron chi connectivity index (χ1n) is 7.16. The summed E-state index contributed by atoms with van der Waals surface area (Å²) < 4.78 is 0. The highest BCUT2D eigenvalue weighted by Gasteiger charge is 2.11. The van der Waals surface area contributed by atoms with E-state index in [1.54, 1.807) is 30.5 Å². The topological polar surface area (TPSA) is 79.5 Å². The van der Waals surface area contributed by atoms with Crippen LogP contribution in [0.3, 0.4) is 0 Å². The van der Waals surface area contributed by atoms with Gasteiger partial charge in [-0.3, -0.25) is 0 Å². The zero-order chi connectivity index (χ0) is 17.1. The van der Waals surface area contributed by atoms with Gasteiger partial charge >= 0.3 is 6.03 Å². The van der Waals surface area contributed by atoms with Crippen LogP contribution < -0.4 is 16.4 Å². The van der Waals surface area contributed by atoms with Crippen molar-refractivity contribution in [1.82, 2.24) is 0 Å². The molecule has 1 aliphatic heterocycles. The van der Waals surface area contributed by atoms with Crippen molar-refractivity contribution in [2.75, 3.05) is 10.6 Å². The van der Waals surface area contributed by atoms with Crippen LogP contribution in [-0.2, 0) is 0 Å². The molecule has 0 fully saturated rings. The first-order chi connectivity index (χ1) is 11.5. The molecule has 7 heteroatoms. The van der Waals surface area contributed by atoms with Crippen LogP contribution in [0.4, 0.5) is 16.2 Å². The lowest BCUT2D eigenvalue weighted by atomic mass is 10.0. The van der Waals surface area contributed by atoms with Crippen LogP contribution in [0.1, 0.15) is 12.0 Å². The van der Waals surface area contributed by atoms with Gasteiger partial charge in [0.25, 0.3) is 0 Å². The molecular formula is C17H14Cl2N4O. The van der Waals surface area contributed by atoms with E-state index in [9.17, 15) is 4.79 Å². The zero-order valence-electron chi connectivity index (χ0n) is 12.5. The lowest BCUT2D eigenvalue weighted by Gasteiger charge is -2.10. The van der Waals surface area contributed by atoms with Gasteiger partial charge in [-0.1, -0.05) is 35.3 Å². The van der Waals surface area contributed by atoms with Gasteiger partial charge in [0.15, 0.2) is 0 Å². The summed E-state index contributed by atoms with van der Waals surface area (Å²) in [6.45, 7) is 0. The monoisotopic (exact) mass is 360 g/mol. The predicted molar refractivity (Wildman–Crippen MR) is 99.8 cm³/mol. The fourth-order valence-corrected chi connectivity index (χ4v) is 2.59. The number of amides is 2. The number of nitrogens with zero attached hydrogens (tertiary/aromatic N) is 1. The van der Waals surface area contributed by atoms with Crippen molar-refractivity contribution < 1.29 is 4.79 Å². The number of nitrogens with one attached hydrogen (secondary N) is 2. The predicted octanol–water partition coefficient (Wildman–Crippen LogP) is 4.74. The Kier molecular flexibility index (Phi) is 4.74. The quantitative estimate of drug-likeness (QED) is 0.738. The first-order valence-corrected chi connectivity index (χ1v) is 7.91. The van der Waals surface area contributed by atoms with Gasteiger partial charge < -0.3 is 16.4 Å². The standard InChI is InChI=1S/C17H14Cl2N4O/c18-14-5-4-13(8-15(14)19)23-17(24)22-12-3-1-2-10(6-12)11-7-16(20)21-9-11/h1-6,8-9H,7H2,(H2,20,21)(H2,22,23,24). The third-order valence-electron chi connectivity index (χ3n) is 3.43. The van der Waals surface area contributed by atoms with Gasteiger partial charge in [-0.25, -0.2) is 9.79 Å². The molecule has 4 N–H and O–H groups in total. The lowest BCUT2D eigenvalue weighted by Crippen LogP contribution is -2.19. The minimum absolute atomic E-state index is 0.373. The summed E-state index contributed by atoms with van der Waals surface area (Å²) in [5.41, 5.74) is 8.88. The van der Waals surface area contributed by atoms with E-state index in [2.05, 4.69) is 15.6 Å². The summed E-state index contributed by atoms with van der Waals surface area (Å²) in [6, 6.07) is 12.0. The lowest BCUT2D eigenvalue weighted by molar-refractivity contribution is 0.262. The molecule has 1 heterocycles. The minimum Gasteiger partial charge on any atom is -0.387 e. The Hall–Kier alpha value is -2.50. The molecule has 0 atom stereocenters. The van der Waals surface area contributed by atoms with E-state index >= 15 is 0 Å². The Bertz CT molecular complexity index is 861. The van der Waals surface area contributed by atoms with Crippen LogP contribution >= 0.6 is 23.2 Å². The van der Waals surface area contributed by atoms with Gasteiger partial charge in [0, 0.05) is 24.0 Å². The van der Waals surface area contributed by atoms with E-state index in [0.717, 1.165) is 11.1 Å². The number of benzene rings is 2. The molecule has 2 amide bonds. The number of amidine groups is 1. The van der Waals surface area contributed by atoms with E-state index in [0.29, 0.717) is 33.7 Å². The molecule has 0 aliphatic carbocycles. The highest BCUT2D eigenvalue weighted by atomic mass is 35.5. The Morgan fingerprint density at radius 1 is 1.04 bits per heavy atom. The third kappa shape index (κ3) is 3.88. The van der Waals surface area contributed by atoms with Gasteiger partial charge in [-0.05, 0) is 41.5 Å². The summed E-state index contributed by atoms with van der Waals surface area (Å²) in [5.74, 6) is 0.584. The highest BCUT2D eigenvalue weighted by Crippen LogP contribution is 2.26. The van der Waals surface area contributed by atoms with E-state index in [4.69, 9.17) is 28.9 Å².